The Morgan fingerprint density at radius 3 is 2.35 bits per heavy atom. The van der Waals surface area contributed by atoms with Crippen molar-refractivity contribution in [3.8, 4) is 17.2 Å². The molecule has 6 atom stereocenters. The molecular weight excluding hydrogens is 716 g/mol. The van der Waals surface area contributed by atoms with E-state index in [-0.39, 0.29) is 58.7 Å². The van der Waals surface area contributed by atoms with Crippen molar-refractivity contribution in [3.05, 3.63) is 99.1 Å². The van der Waals surface area contributed by atoms with Gasteiger partial charge in [0.15, 0.2) is 12.1 Å². The molecule has 2 aliphatic heterocycles. The van der Waals surface area contributed by atoms with E-state index in [0.29, 0.717) is 5.56 Å². The summed E-state index contributed by atoms with van der Waals surface area (Å²) in [5.74, 6) is -4.26. The molecule has 7 N–H and O–H groups in total. The molecule has 3 aromatic rings. The average Bonchev–Trinajstić information content (AvgIpc) is 3.48. The second-order valence-electron chi connectivity index (χ2n) is 14.0. The largest absolute Gasteiger partial charge is 0.507 e. The number of nitrogens with zero attached hydrogens (tertiary/aromatic N) is 2. The van der Waals surface area contributed by atoms with Crippen molar-refractivity contribution in [2.75, 3.05) is 7.11 Å². The highest BCUT2D eigenvalue weighted by atomic mass is 16.7. The molecule has 16 nitrogen and oxygen atoms in total. The number of phenols is 2. The molecule has 0 saturated carbocycles. The number of phenolic OH excluding ortho intramolecular Hbond substituents is 2. The number of fused-ring (bicyclic) bond motifs is 3. The van der Waals surface area contributed by atoms with Gasteiger partial charge in [0, 0.05) is 59.7 Å². The summed E-state index contributed by atoms with van der Waals surface area (Å²) in [4.78, 5) is 65.9. The third kappa shape index (κ3) is 6.47. The van der Waals surface area contributed by atoms with E-state index in [9.17, 15) is 44.4 Å². The highest BCUT2D eigenvalue weighted by molar-refractivity contribution is 6.31. The van der Waals surface area contributed by atoms with E-state index in [1.807, 2.05) is 0 Å². The zero-order valence-electron chi connectivity index (χ0n) is 29.9. The zero-order chi connectivity index (χ0) is 39.5. The van der Waals surface area contributed by atoms with Crippen LogP contribution in [0.2, 0.25) is 0 Å². The van der Waals surface area contributed by atoms with Gasteiger partial charge in [0.2, 0.25) is 5.78 Å². The molecule has 2 heterocycles. The molecular formula is C39H38N4O12. The molecule has 0 radical (unpaired) electrons. The summed E-state index contributed by atoms with van der Waals surface area (Å²) >= 11 is 0. The molecule has 0 aromatic heterocycles. The number of aliphatic hydroxyl groups excluding tert-OH is 1. The molecule has 7 rings (SSSR count). The highest BCUT2D eigenvalue weighted by Gasteiger charge is 2.49. The fourth-order valence-corrected chi connectivity index (χ4v) is 7.50. The van der Waals surface area contributed by atoms with Crippen molar-refractivity contribution in [1.29, 1.82) is 0 Å². The number of carbonyl (C=O) groups excluding carboxylic acids is 5. The first kappa shape index (κ1) is 37.5. The second-order valence-corrected chi connectivity index (χ2v) is 14.0. The number of aromatic hydroxyl groups is 2. The second kappa shape index (κ2) is 14.1. The van der Waals surface area contributed by atoms with Gasteiger partial charge in [-0.3, -0.25) is 28.9 Å². The Morgan fingerprint density at radius 2 is 1.69 bits per heavy atom. The Hall–Kier alpha value is -5.78. The number of nitrogens with one attached hydrogen (secondary N) is 1. The van der Waals surface area contributed by atoms with E-state index in [1.165, 1.54) is 56.5 Å². The van der Waals surface area contributed by atoms with E-state index in [0.717, 1.165) is 4.90 Å². The number of nitrogens with two attached hydrogens (primary N) is 1. The summed E-state index contributed by atoms with van der Waals surface area (Å²) in [5, 5.41) is 50.4. The fourth-order valence-electron chi connectivity index (χ4n) is 7.50. The van der Waals surface area contributed by atoms with Crippen molar-refractivity contribution in [2.24, 2.45) is 10.8 Å². The van der Waals surface area contributed by atoms with E-state index >= 15 is 0 Å². The van der Waals surface area contributed by atoms with Gasteiger partial charge in [-0.2, -0.15) is 5.10 Å². The minimum atomic E-state index is -1.97. The topological polar surface area (TPSA) is 248 Å². The van der Waals surface area contributed by atoms with Crippen LogP contribution in [-0.2, 0) is 32.0 Å². The molecule has 55 heavy (non-hydrogen) atoms. The average molecular weight is 755 g/mol. The Labute approximate surface area is 313 Å². The maximum absolute atomic E-state index is 14.0. The molecule has 3 amide bonds. The first-order valence-corrected chi connectivity index (χ1v) is 17.4. The van der Waals surface area contributed by atoms with Gasteiger partial charge >= 0.3 is 0 Å². The van der Waals surface area contributed by atoms with Gasteiger partial charge in [-0.1, -0.05) is 24.3 Å². The van der Waals surface area contributed by atoms with Crippen LogP contribution in [0.1, 0.15) is 91.7 Å². The standard InChI is InChI=1S/C39H38N4O12/c1-17-33(46)23(40)13-28(54-17)55-25-15-39(52,18(2)41-42-38(51)20-9-7-19(8-10-20)16-43-26(44)11-12-27(43)45)14-22-30(25)37(50)32-31(35(22)48)34(47)21-5-4-6-24(53-3)29(21)36(32)49/h4-12,17,23,25,28,33,46,48,50,52H,13-16,40H2,1-3H3,(H,42,51)/b41-18+/t17?,23?,25-,28?,33?,39-/m0/s1. The van der Waals surface area contributed by atoms with Crippen molar-refractivity contribution in [1.82, 2.24) is 10.3 Å². The third-order valence-corrected chi connectivity index (χ3v) is 10.6. The van der Waals surface area contributed by atoms with Crippen molar-refractivity contribution in [2.45, 2.75) is 75.9 Å². The van der Waals surface area contributed by atoms with Gasteiger partial charge in [0.05, 0.1) is 54.4 Å². The molecule has 4 aliphatic rings. The highest BCUT2D eigenvalue weighted by Crippen LogP contribution is 2.52. The van der Waals surface area contributed by atoms with Crippen LogP contribution in [-0.4, -0.2) is 97.6 Å². The molecule has 0 spiro atoms. The van der Waals surface area contributed by atoms with Crippen molar-refractivity contribution >= 4 is 35.0 Å². The molecule has 2 aliphatic carbocycles. The zero-order valence-corrected chi connectivity index (χ0v) is 29.9. The number of hydrogen-bond acceptors (Lipinski definition) is 14. The monoisotopic (exact) mass is 754 g/mol. The number of aliphatic hydroxyl groups is 2. The number of benzene rings is 3. The first-order valence-electron chi connectivity index (χ1n) is 17.4. The Morgan fingerprint density at radius 1 is 1.02 bits per heavy atom. The minimum absolute atomic E-state index is 0.0128. The summed E-state index contributed by atoms with van der Waals surface area (Å²) in [6, 6.07) is 9.76. The van der Waals surface area contributed by atoms with Gasteiger partial charge in [-0.15, -0.1) is 0 Å². The predicted molar refractivity (Wildman–Crippen MR) is 191 cm³/mol. The van der Waals surface area contributed by atoms with Gasteiger partial charge in [-0.05, 0) is 37.6 Å². The Balaban J connectivity index is 1.21. The van der Waals surface area contributed by atoms with E-state index < -0.39 is 94.6 Å². The van der Waals surface area contributed by atoms with Crippen LogP contribution in [0.25, 0.3) is 0 Å². The maximum atomic E-state index is 14.0. The Bertz CT molecular complexity index is 2190. The lowest BCUT2D eigenvalue weighted by molar-refractivity contribution is -0.245. The first-order chi connectivity index (χ1) is 26.1. The van der Waals surface area contributed by atoms with Crippen LogP contribution in [0, 0.1) is 0 Å². The van der Waals surface area contributed by atoms with Crippen molar-refractivity contribution < 1.29 is 58.6 Å². The fraction of sp³-hybridized carbons (Fsp3) is 0.333. The number of ether oxygens (including phenoxy) is 3. The molecule has 1 fully saturated rings. The number of amides is 3. The van der Waals surface area contributed by atoms with Gasteiger partial charge in [-0.25, -0.2) is 5.43 Å². The number of methoxy groups -OCH3 is 1. The summed E-state index contributed by atoms with van der Waals surface area (Å²) in [6.07, 6.45) is -2.50. The van der Waals surface area contributed by atoms with Crippen LogP contribution in [0.4, 0.5) is 0 Å². The number of imide groups is 1. The SMILES string of the molecule is COc1cccc2c1C(=O)c1c(O)c3c(c(O)c1C2=O)C[C@@](O)(/C(C)=N/NC(=O)c1ccc(CN2C(=O)C=CC2=O)cc1)C[C@@H]3OC1CC(N)C(O)C(C)O1. The lowest BCUT2D eigenvalue weighted by Crippen LogP contribution is -2.52. The summed E-state index contributed by atoms with van der Waals surface area (Å²) in [6.45, 7) is 3.05. The van der Waals surface area contributed by atoms with Crippen LogP contribution in [0.5, 0.6) is 17.2 Å². The van der Waals surface area contributed by atoms with Gasteiger partial charge < -0.3 is 40.4 Å². The van der Waals surface area contributed by atoms with Crippen molar-refractivity contribution in [3.63, 3.8) is 0 Å². The normalized spacial score (nSPS) is 26.1. The van der Waals surface area contributed by atoms with E-state index in [2.05, 4.69) is 10.5 Å². The minimum Gasteiger partial charge on any atom is -0.507 e. The number of ketones is 2. The lowest BCUT2D eigenvalue weighted by atomic mass is 9.71. The van der Waals surface area contributed by atoms with Gasteiger partial charge in [0.1, 0.15) is 22.8 Å². The van der Waals surface area contributed by atoms with Crippen LogP contribution < -0.4 is 15.9 Å². The smallest absolute Gasteiger partial charge is 0.271 e. The van der Waals surface area contributed by atoms with Gasteiger partial charge in [0.25, 0.3) is 17.7 Å². The summed E-state index contributed by atoms with van der Waals surface area (Å²) < 4.78 is 17.5. The number of hydrogen-bond donors (Lipinski definition) is 6. The summed E-state index contributed by atoms with van der Waals surface area (Å²) in [7, 11) is 1.33. The van der Waals surface area contributed by atoms with E-state index in [4.69, 9.17) is 19.9 Å². The molecule has 1 saturated heterocycles. The third-order valence-electron chi connectivity index (χ3n) is 10.6. The number of carbonyl (C=O) groups is 5. The van der Waals surface area contributed by atoms with E-state index in [1.54, 1.807) is 19.1 Å². The molecule has 286 valence electrons. The quantitative estimate of drug-likeness (QED) is 0.0650. The summed E-state index contributed by atoms with van der Waals surface area (Å²) in [5.41, 5.74) is 6.10. The molecule has 16 heteroatoms. The molecule has 3 aromatic carbocycles. The van der Waals surface area contributed by atoms with Crippen LogP contribution in [0.15, 0.2) is 59.7 Å². The van der Waals surface area contributed by atoms with Crippen LogP contribution >= 0.6 is 0 Å². The van der Waals surface area contributed by atoms with Crippen LogP contribution in [0.3, 0.4) is 0 Å². The molecule has 0 bridgehead atoms. The predicted octanol–water partition coefficient (Wildman–Crippen LogP) is 1.67. The maximum Gasteiger partial charge on any atom is 0.271 e. The Kier molecular flexibility index (Phi) is 9.64. The number of rotatable bonds is 8. The molecule has 4 unspecified atom stereocenters. The number of hydrazone groups is 1. The lowest BCUT2D eigenvalue weighted by Gasteiger charge is -2.42.